The van der Waals surface area contributed by atoms with E-state index in [2.05, 4.69) is 0 Å². The van der Waals surface area contributed by atoms with Crippen LogP contribution < -0.4 is 4.74 Å². The van der Waals surface area contributed by atoms with Gasteiger partial charge in [0.2, 0.25) is 0 Å². The molecule has 0 N–H and O–H groups in total. The quantitative estimate of drug-likeness (QED) is 0.580. The van der Waals surface area contributed by atoms with E-state index in [1.807, 2.05) is 20.8 Å². The fraction of sp³-hybridized carbons (Fsp3) is 0.235. The van der Waals surface area contributed by atoms with Crippen LogP contribution in [0.2, 0.25) is 5.02 Å². The normalized spacial score (nSPS) is 10.8. The molecule has 0 aliphatic carbocycles. The molecule has 0 aliphatic rings. The van der Waals surface area contributed by atoms with Crippen LogP contribution in [0.15, 0.2) is 36.4 Å². The number of rotatable bonds is 3. The Morgan fingerprint density at radius 1 is 1.24 bits per heavy atom. The van der Waals surface area contributed by atoms with Crippen molar-refractivity contribution < 1.29 is 13.9 Å². The maximum atomic E-state index is 13.2. The Hall–Kier alpha value is -1.87. The number of halogens is 2. The Kier molecular flexibility index (Phi) is 4.63. The number of ether oxygens (including phenoxy) is 1. The zero-order valence-electron chi connectivity index (χ0n) is 12.1. The summed E-state index contributed by atoms with van der Waals surface area (Å²) < 4.78 is 18.6. The number of hydrogen-bond acceptors (Lipinski definition) is 2. The van der Waals surface area contributed by atoms with Crippen molar-refractivity contribution in [2.45, 2.75) is 26.7 Å². The van der Waals surface area contributed by atoms with E-state index in [0.29, 0.717) is 10.8 Å². The molecule has 0 amide bonds. The third-order valence-corrected chi connectivity index (χ3v) is 3.58. The van der Waals surface area contributed by atoms with Crippen molar-refractivity contribution in [3.05, 3.63) is 63.9 Å². The number of hydrogen-bond donors (Lipinski definition) is 0. The van der Waals surface area contributed by atoms with Gasteiger partial charge in [0.15, 0.2) is 0 Å². The number of aryl methyl sites for hydroxylation is 1. The minimum atomic E-state index is -0.585. The summed E-state index contributed by atoms with van der Waals surface area (Å²) in [5, 5.41) is 0.629. The molecule has 110 valence electrons. The fourth-order valence-corrected chi connectivity index (χ4v) is 2.16. The van der Waals surface area contributed by atoms with E-state index in [0.717, 1.165) is 17.2 Å². The standard InChI is InChI=1S/C17H16ClFO2/c1-10(2)14-9-15(18)11(3)7-16(14)21-17(20)12-5-4-6-13(19)8-12/h4-10H,1-3H3. The summed E-state index contributed by atoms with van der Waals surface area (Å²) >= 11 is 6.11. The first kappa shape index (κ1) is 15.5. The first-order chi connectivity index (χ1) is 9.88. The van der Waals surface area contributed by atoms with Gasteiger partial charge in [-0.25, -0.2) is 9.18 Å². The molecule has 0 saturated carbocycles. The molecular weight excluding hydrogens is 291 g/mol. The van der Waals surface area contributed by atoms with E-state index in [1.165, 1.54) is 18.2 Å². The number of esters is 1. The van der Waals surface area contributed by atoms with Crippen molar-refractivity contribution in [2.24, 2.45) is 0 Å². The maximum Gasteiger partial charge on any atom is 0.343 e. The van der Waals surface area contributed by atoms with Gasteiger partial charge in [-0.2, -0.15) is 0 Å². The minimum absolute atomic E-state index is 0.151. The molecule has 2 aromatic rings. The van der Waals surface area contributed by atoms with Crippen LogP contribution in [0.3, 0.4) is 0 Å². The van der Waals surface area contributed by atoms with Crippen molar-refractivity contribution in [3.8, 4) is 5.75 Å². The predicted octanol–water partition coefficient (Wildman–Crippen LogP) is 5.13. The molecule has 0 aromatic heterocycles. The number of benzene rings is 2. The van der Waals surface area contributed by atoms with Gasteiger partial charge in [-0.05, 0) is 54.3 Å². The second-order valence-electron chi connectivity index (χ2n) is 5.19. The van der Waals surface area contributed by atoms with Crippen LogP contribution in [0.25, 0.3) is 0 Å². The molecular formula is C17H16ClFO2. The van der Waals surface area contributed by atoms with Gasteiger partial charge in [0.25, 0.3) is 0 Å². The summed E-state index contributed by atoms with van der Waals surface area (Å²) in [7, 11) is 0. The largest absolute Gasteiger partial charge is 0.423 e. The van der Waals surface area contributed by atoms with Crippen LogP contribution in [0.1, 0.15) is 41.3 Å². The molecule has 0 fully saturated rings. The first-order valence-electron chi connectivity index (χ1n) is 6.66. The fourth-order valence-electron chi connectivity index (χ4n) is 1.98. The molecule has 2 nitrogen and oxygen atoms in total. The topological polar surface area (TPSA) is 26.3 Å². The number of carbonyl (C=O) groups is 1. The molecule has 0 bridgehead atoms. The third-order valence-electron chi connectivity index (χ3n) is 3.18. The molecule has 0 unspecified atom stereocenters. The Morgan fingerprint density at radius 2 is 1.95 bits per heavy atom. The van der Waals surface area contributed by atoms with Gasteiger partial charge in [-0.1, -0.05) is 31.5 Å². The van der Waals surface area contributed by atoms with Crippen LogP contribution in [-0.2, 0) is 0 Å². The molecule has 0 heterocycles. The van der Waals surface area contributed by atoms with Gasteiger partial charge in [0, 0.05) is 5.02 Å². The highest BCUT2D eigenvalue weighted by atomic mass is 35.5. The molecule has 2 rings (SSSR count). The molecule has 0 radical (unpaired) electrons. The van der Waals surface area contributed by atoms with Crippen LogP contribution >= 0.6 is 11.6 Å². The summed E-state index contributed by atoms with van der Waals surface area (Å²) in [5.41, 5.74) is 1.84. The van der Waals surface area contributed by atoms with Gasteiger partial charge in [0.05, 0.1) is 5.56 Å². The highest BCUT2D eigenvalue weighted by molar-refractivity contribution is 6.31. The lowest BCUT2D eigenvalue weighted by molar-refractivity contribution is 0.0732. The summed E-state index contributed by atoms with van der Waals surface area (Å²) in [5.74, 6) is -0.446. The van der Waals surface area contributed by atoms with E-state index < -0.39 is 11.8 Å². The van der Waals surface area contributed by atoms with Crippen molar-refractivity contribution in [2.75, 3.05) is 0 Å². The first-order valence-corrected chi connectivity index (χ1v) is 7.04. The molecule has 0 aliphatic heterocycles. The summed E-state index contributed by atoms with van der Waals surface area (Å²) in [6, 6.07) is 8.96. The molecule has 4 heteroatoms. The van der Waals surface area contributed by atoms with Gasteiger partial charge in [0.1, 0.15) is 11.6 Å². The zero-order chi connectivity index (χ0) is 15.6. The van der Waals surface area contributed by atoms with Crippen LogP contribution in [-0.4, -0.2) is 5.97 Å². The molecule has 0 spiro atoms. The van der Waals surface area contributed by atoms with Crippen molar-refractivity contribution in [3.63, 3.8) is 0 Å². The third kappa shape index (κ3) is 3.61. The van der Waals surface area contributed by atoms with Crippen LogP contribution in [0.4, 0.5) is 4.39 Å². The van der Waals surface area contributed by atoms with Gasteiger partial charge in [-0.15, -0.1) is 0 Å². The summed E-state index contributed by atoms with van der Waals surface area (Å²) in [6.07, 6.45) is 0. The summed E-state index contributed by atoms with van der Waals surface area (Å²) in [6.45, 7) is 5.81. The van der Waals surface area contributed by atoms with E-state index in [4.69, 9.17) is 16.3 Å². The SMILES string of the molecule is Cc1cc(OC(=O)c2cccc(F)c2)c(C(C)C)cc1Cl. The molecule has 2 aromatic carbocycles. The highest BCUT2D eigenvalue weighted by Gasteiger charge is 2.16. The second kappa shape index (κ2) is 6.27. The smallest absolute Gasteiger partial charge is 0.343 e. The van der Waals surface area contributed by atoms with E-state index in [-0.39, 0.29) is 11.5 Å². The summed E-state index contributed by atoms with van der Waals surface area (Å²) in [4.78, 5) is 12.1. The Morgan fingerprint density at radius 3 is 2.57 bits per heavy atom. The lowest BCUT2D eigenvalue weighted by Crippen LogP contribution is -2.11. The average Bonchev–Trinajstić information content (AvgIpc) is 2.42. The van der Waals surface area contributed by atoms with Gasteiger partial charge in [-0.3, -0.25) is 0 Å². The maximum absolute atomic E-state index is 13.2. The predicted molar refractivity (Wildman–Crippen MR) is 81.6 cm³/mol. The van der Waals surface area contributed by atoms with Crippen LogP contribution in [0.5, 0.6) is 5.75 Å². The lowest BCUT2D eigenvalue weighted by Gasteiger charge is -2.15. The van der Waals surface area contributed by atoms with E-state index in [1.54, 1.807) is 12.1 Å². The minimum Gasteiger partial charge on any atom is -0.423 e. The average molecular weight is 307 g/mol. The number of carbonyl (C=O) groups excluding carboxylic acids is 1. The lowest BCUT2D eigenvalue weighted by atomic mass is 10.0. The van der Waals surface area contributed by atoms with Crippen molar-refractivity contribution >= 4 is 17.6 Å². The van der Waals surface area contributed by atoms with Gasteiger partial charge >= 0.3 is 5.97 Å². The van der Waals surface area contributed by atoms with Crippen molar-refractivity contribution in [1.29, 1.82) is 0 Å². The zero-order valence-corrected chi connectivity index (χ0v) is 12.9. The van der Waals surface area contributed by atoms with Gasteiger partial charge < -0.3 is 4.74 Å². The second-order valence-corrected chi connectivity index (χ2v) is 5.60. The molecule has 0 saturated heterocycles. The Labute approximate surface area is 128 Å². The molecule has 0 atom stereocenters. The highest BCUT2D eigenvalue weighted by Crippen LogP contribution is 2.32. The molecule has 21 heavy (non-hydrogen) atoms. The van der Waals surface area contributed by atoms with E-state index in [9.17, 15) is 9.18 Å². The Balaban J connectivity index is 2.35. The monoisotopic (exact) mass is 306 g/mol. The van der Waals surface area contributed by atoms with Crippen LogP contribution in [0, 0.1) is 12.7 Å². The van der Waals surface area contributed by atoms with Crippen molar-refractivity contribution in [1.82, 2.24) is 0 Å². The Bertz CT molecular complexity index is 680. The van der Waals surface area contributed by atoms with E-state index >= 15 is 0 Å².